The molecule has 2 aliphatic rings. The fourth-order valence-electron chi connectivity index (χ4n) is 3.05. The van der Waals surface area contributed by atoms with Crippen molar-refractivity contribution in [3.05, 3.63) is 29.3 Å². The second-order valence-electron chi connectivity index (χ2n) is 6.43. The van der Waals surface area contributed by atoms with Crippen LogP contribution in [0.3, 0.4) is 0 Å². The van der Waals surface area contributed by atoms with Crippen LogP contribution in [0.2, 0.25) is 0 Å². The fraction of sp³-hybridized carbons (Fsp3) is 0.533. The largest absolute Gasteiger partial charge is 0.352 e. The van der Waals surface area contributed by atoms with Gasteiger partial charge in [-0.3, -0.25) is 4.79 Å². The maximum atomic E-state index is 12.8. The van der Waals surface area contributed by atoms with E-state index in [9.17, 15) is 13.2 Å². The second kappa shape index (κ2) is 6.39. The maximum Gasteiger partial charge on any atom is 0.251 e. The third-order valence-corrected chi connectivity index (χ3v) is 6.50. The Morgan fingerprint density at radius 1 is 1.39 bits per heavy atom. The molecule has 0 aliphatic carbocycles. The predicted molar refractivity (Wildman–Crippen MR) is 90.3 cm³/mol. The molecule has 3 N–H and O–H groups in total. The number of nitrogens with one attached hydrogen (secondary N) is 1. The topological polar surface area (TPSA) is 92.5 Å². The molecule has 1 aromatic rings. The van der Waals surface area contributed by atoms with Crippen molar-refractivity contribution in [2.24, 2.45) is 11.1 Å². The minimum atomic E-state index is -3.58. The number of hydrogen-bond donors (Lipinski definition) is 2. The van der Waals surface area contributed by atoms with E-state index < -0.39 is 10.0 Å². The zero-order valence-corrected chi connectivity index (χ0v) is 14.7. The number of amides is 1. The first-order valence-electron chi connectivity index (χ1n) is 7.47. The van der Waals surface area contributed by atoms with Gasteiger partial charge in [-0.2, -0.15) is 4.31 Å². The highest BCUT2D eigenvalue weighted by Gasteiger charge is 2.39. The number of rotatable bonds is 3. The summed E-state index contributed by atoms with van der Waals surface area (Å²) in [4.78, 5) is 12.1. The normalized spacial score (nSPS) is 24.7. The fourth-order valence-corrected chi connectivity index (χ4v) is 4.67. The van der Waals surface area contributed by atoms with Gasteiger partial charge in [-0.05, 0) is 42.5 Å². The molecule has 23 heavy (non-hydrogen) atoms. The first kappa shape index (κ1) is 18.2. The average Bonchev–Trinajstić information content (AvgIpc) is 2.91. The molecule has 8 heteroatoms. The number of carbonyl (C=O) groups excluding carboxylic acids is 1. The van der Waals surface area contributed by atoms with E-state index in [1.165, 1.54) is 10.4 Å². The van der Waals surface area contributed by atoms with Crippen molar-refractivity contribution < 1.29 is 13.2 Å². The number of nitrogens with two attached hydrogens (primary N) is 1. The van der Waals surface area contributed by atoms with E-state index in [1.54, 1.807) is 12.1 Å². The number of carbonyl (C=O) groups is 1. The van der Waals surface area contributed by atoms with Crippen LogP contribution in [0.25, 0.3) is 0 Å². The standard InChI is InChI=1S/C15H21N3O3S.ClH/c1-15(9-16)5-7-18(10-15)22(20,21)12-3-2-11-4-6-17-14(19)13(11)8-12;/h2-3,8H,4-7,9-10,16H2,1H3,(H,17,19);1H. The summed E-state index contributed by atoms with van der Waals surface area (Å²) in [5, 5.41) is 2.74. The van der Waals surface area contributed by atoms with Crippen molar-refractivity contribution in [3.8, 4) is 0 Å². The summed E-state index contributed by atoms with van der Waals surface area (Å²) >= 11 is 0. The Bertz CT molecular complexity index is 723. The summed E-state index contributed by atoms with van der Waals surface area (Å²) in [5.74, 6) is -0.202. The first-order valence-corrected chi connectivity index (χ1v) is 8.91. The van der Waals surface area contributed by atoms with Crippen molar-refractivity contribution in [2.45, 2.75) is 24.7 Å². The molecule has 2 aliphatic heterocycles. The number of nitrogens with zero attached hydrogens (tertiary/aromatic N) is 1. The van der Waals surface area contributed by atoms with Gasteiger partial charge in [0.25, 0.3) is 5.91 Å². The Balaban J connectivity index is 0.00000192. The molecular formula is C15H22ClN3O3S. The van der Waals surface area contributed by atoms with Gasteiger partial charge in [0.05, 0.1) is 4.90 Å². The van der Waals surface area contributed by atoms with Gasteiger partial charge in [0.15, 0.2) is 0 Å². The van der Waals surface area contributed by atoms with Crippen LogP contribution in [0.5, 0.6) is 0 Å². The molecule has 6 nitrogen and oxygen atoms in total. The van der Waals surface area contributed by atoms with Gasteiger partial charge in [0.2, 0.25) is 10.0 Å². The van der Waals surface area contributed by atoms with Crippen molar-refractivity contribution in [1.29, 1.82) is 0 Å². The Morgan fingerprint density at radius 2 is 2.13 bits per heavy atom. The van der Waals surface area contributed by atoms with Gasteiger partial charge in [0, 0.05) is 25.2 Å². The van der Waals surface area contributed by atoms with Crippen molar-refractivity contribution in [2.75, 3.05) is 26.2 Å². The summed E-state index contributed by atoms with van der Waals surface area (Å²) in [6.45, 7) is 3.96. The molecule has 1 amide bonds. The highest BCUT2D eigenvalue weighted by atomic mass is 35.5. The zero-order valence-electron chi connectivity index (χ0n) is 13.0. The van der Waals surface area contributed by atoms with E-state index in [4.69, 9.17) is 5.73 Å². The van der Waals surface area contributed by atoms with Crippen molar-refractivity contribution in [3.63, 3.8) is 0 Å². The van der Waals surface area contributed by atoms with Gasteiger partial charge >= 0.3 is 0 Å². The summed E-state index contributed by atoms with van der Waals surface area (Å²) in [5.41, 5.74) is 6.94. The smallest absolute Gasteiger partial charge is 0.251 e. The summed E-state index contributed by atoms with van der Waals surface area (Å²) in [6, 6.07) is 4.85. The highest BCUT2D eigenvalue weighted by molar-refractivity contribution is 7.89. The molecule has 1 atom stereocenters. The highest BCUT2D eigenvalue weighted by Crippen LogP contribution is 2.33. The lowest BCUT2D eigenvalue weighted by atomic mass is 9.90. The van der Waals surface area contributed by atoms with Gasteiger partial charge in [-0.15, -0.1) is 12.4 Å². The van der Waals surface area contributed by atoms with Crippen LogP contribution in [0.15, 0.2) is 23.1 Å². The third-order valence-electron chi connectivity index (χ3n) is 4.66. The van der Waals surface area contributed by atoms with Crippen molar-refractivity contribution in [1.82, 2.24) is 9.62 Å². The van der Waals surface area contributed by atoms with E-state index in [0.717, 1.165) is 18.4 Å². The second-order valence-corrected chi connectivity index (χ2v) is 8.37. The lowest BCUT2D eigenvalue weighted by Gasteiger charge is -2.23. The first-order chi connectivity index (χ1) is 10.4. The molecule has 0 spiro atoms. The minimum absolute atomic E-state index is 0. The van der Waals surface area contributed by atoms with Crippen LogP contribution in [0.4, 0.5) is 0 Å². The third kappa shape index (κ3) is 3.24. The maximum absolute atomic E-state index is 12.8. The lowest BCUT2D eigenvalue weighted by Crippen LogP contribution is -2.35. The molecule has 2 heterocycles. The Morgan fingerprint density at radius 3 is 2.78 bits per heavy atom. The molecule has 0 bridgehead atoms. The number of halogens is 1. The Labute approximate surface area is 142 Å². The number of sulfonamides is 1. The zero-order chi connectivity index (χ0) is 16.0. The summed E-state index contributed by atoms with van der Waals surface area (Å²) < 4.78 is 27.0. The molecule has 3 rings (SSSR count). The molecule has 1 unspecified atom stereocenters. The van der Waals surface area contributed by atoms with Crippen molar-refractivity contribution >= 4 is 28.3 Å². The number of fused-ring (bicyclic) bond motifs is 1. The monoisotopic (exact) mass is 359 g/mol. The predicted octanol–water partition coefficient (Wildman–Crippen LogP) is 0.754. The Hall–Kier alpha value is -1.15. The molecule has 1 fully saturated rings. The average molecular weight is 360 g/mol. The van der Waals surface area contributed by atoms with Gasteiger partial charge in [-0.25, -0.2) is 8.42 Å². The van der Waals surface area contributed by atoms with E-state index in [0.29, 0.717) is 31.7 Å². The van der Waals surface area contributed by atoms with E-state index in [-0.39, 0.29) is 28.6 Å². The van der Waals surface area contributed by atoms with E-state index in [2.05, 4.69) is 5.32 Å². The van der Waals surface area contributed by atoms with Crippen LogP contribution >= 0.6 is 12.4 Å². The SMILES string of the molecule is CC1(CN)CCN(S(=O)(=O)c2ccc3c(c2)C(=O)NCC3)C1.Cl. The van der Waals surface area contributed by atoms with E-state index >= 15 is 0 Å². The molecule has 0 aromatic heterocycles. The molecule has 0 radical (unpaired) electrons. The van der Waals surface area contributed by atoms with Gasteiger partial charge in [-0.1, -0.05) is 13.0 Å². The van der Waals surface area contributed by atoms with Crippen LogP contribution < -0.4 is 11.1 Å². The molecule has 1 saturated heterocycles. The molecule has 128 valence electrons. The summed E-state index contributed by atoms with van der Waals surface area (Å²) in [7, 11) is -3.58. The Kier molecular flexibility index (Phi) is 5.06. The minimum Gasteiger partial charge on any atom is -0.352 e. The van der Waals surface area contributed by atoms with Crippen LogP contribution in [-0.2, 0) is 16.4 Å². The molecular weight excluding hydrogens is 338 g/mol. The lowest BCUT2D eigenvalue weighted by molar-refractivity contribution is 0.0945. The van der Waals surface area contributed by atoms with Gasteiger partial charge in [0.1, 0.15) is 0 Å². The number of hydrogen-bond acceptors (Lipinski definition) is 4. The van der Waals surface area contributed by atoms with Crippen LogP contribution in [-0.4, -0.2) is 44.8 Å². The number of benzene rings is 1. The van der Waals surface area contributed by atoms with Crippen LogP contribution in [0, 0.1) is 5.41 Å². The van der Waals surface area contributed by atoms with Crippen LogP contribution in [0.1, 0.15) is 29.3 Å². The molecule has 0 saturated carbocycles. The summed E-state index contributed by atoms with van der Waals surface area (Å²) in [6.07, 6.45) is 1.49. The quantitative estimate of drug-likeness (QED) is 0.833. The van der Waals surface area contributed by atoms with E-state index in [1.807, 2.05) is 6.92 Å². The van der Waals surface area contributed by atoms with Gasteiger partial charge < -0.3 is 11.1 Å². The molecule has 1 aromatic carbocycles.